The van der Waals surface area contributed by atoms with E-state index in [0.717, 1.165) is 31.6 Å². The van der Waals surface area contributed by atoms with Crippen LogP contribution >= 0.6 is 0 Å². The molecule has 0 amide bonds. The van der Waals surface area contributed by atoms with Gasteiger partial charge in [-0.2, -0.15) is 4.39 Å². The Morgan fingerprint density at radius 2 is 1.46 bits per heavy atom. The lowest BCUT2D eigenvalue weighted by Gasteiger charge is -2.29. The van der Waals surface area contributed by atoms with Gasteiger partial charge in [0.2, 0.25) is 5.82 Å². The highest BCUT2D eigenvalue weighted by Crippen LogP contribution is 2.32. The molecule has 0 radical (unpaired) electrons. The molecule has 1 aliphatic heterocycles. The molecular formula is C29H31F3O3. The van der Waals surface area contributed by atoms with Crippen LogP contribution in [0.25, 0.3) is 22.3 Å². The van der Waals surface area contributed by atoms with E-state index in [0.29, 0.717) is 35.4 Å². The summed E-state index contributed by atoms with van der Waals surface area (Å²) in [6, 6.07) is 14.8. The predicted molar refractivity (Wildman–Crippen MR) is 131 cm³/mol. The van der Waals surface area contributed by atoms with Gasteiger partial charge >= 0.3 is 0 Å². The van der Waals surface area contributed by atoms with E-state index in [9.17, 15) is 13.2 Å². The van der Waals surface area contributed by atoms with Gasteiger partial charge in [-0.25, -0.2) is 8.78 Å². The molecule has 6 heteroatoms. The van der Waals surface area contributed by atoms with E-state index in [1.165, 1.54) is 18.2 Å². The largest absolute Gasteiger partial charge is 0.491 e. The van der Waals surface area contributed by atoms with Gasteiger partial charge < -0.3 is 14.2 Å². The fourth-order valence-electron chi connectivity index (χ4n) is 4.41. The van der Waals surface area contributed by atoms with Gasteiger partial charge in [0.15, 0.2) is 17.9 Å². The van der Waals surface area contributed by atoms with Crippen molar-refractivity contribution in [1.29, 1.82) is 0 Å². The predicted octanol–water partition coefficient (Wildman–Crippen LogP) is 7.56. The number of hydrogen-bond donors (Lipinski definition) is 0. The molecule has 1 heterocycles. The topological polar surface area (TPSA) is 27.7 Å². The van der Waals surface area contributed by atoms with Crippen molar-refractivity contribution in [1.82, 2.24) is 0 Å². The highest BCUT2D eigenvalue weighted by atomic mass is 19.2. The van der Waals surface area contributed by atoms with Gasteiger partial charge in [-0.15, -0.1) is 0 Å². The highest BCUT2D eigenvalue weighted by molar-refractivity contribution is 5.71. The summed E-state index contributed by atoms with van der Waals surface area (Å²) in [6.07, 6.45) is 3.31. The Kier molecular flexibility index (Phi) is 8.47. The van der Waals surface area contributed by atoms with Gasteiger partial charge in [-0.05, 0) is 54.7 Å². The Balaban J connectivity index is 1.41. The second-order valence-electron chi connectivity index (χ2n) is 8.85. The summed E-state index contributed by atoms with van der Waals surface area (Å²) in [4.78, 5) is 0. The van der Waals surface area contributed by atoms with Crippen LogP contribution in [0.15, 0.2) is 54.6 Å². The van der Waals surface area contributed by atoms with Gasteiger partial charge in [0.05, 0.1) is 19.8 Å². The summed E-state index contributed by atoms with van der Waals surface area (Å²) in [5.41, 5.74) is 2.61. The number of ether oxygens (including phenoxy) is 3. The molecule has 3 aromatic carbocycles. The fraction of sp³-hybridized carbons (Fsp3) is 0.379. The Hall–Kier alpha value is -2.83. The van der Waals surface area contributed by atoms with Crippen molar-refractivity contribution in [3.05, 3.63) is 77.6 Å². The highest BCUT2D eigenvalue weighted by Gasteiger charge is 2.21. The summed E-state index contributed by atoms with van der Waals surface area (Å²) in [6.45, 7) is 5.54. The van der Waals surface area contributed by atoms with Crippen LogP contribution in [-0.2, 0) is 15.9 Å². The van der Waals surface area contributed by atoms with Gasteiger partial charge in [-0.1, -0.05) is 49.7 Å². The zero-order valence-electron chi connectivity index (χ0n) is 20.2. The van der Waals surface area contributed by atoms with Crippen LogP contribution in [-0.4, -0.2) is 26.1 Å². The number of benzene rings is 3. The van der Waals surface area contributed by atoms with Crippen LogP contribution in [0.2, 0.25) is 0 Å². The quantitative estimate of drug-likeness (QED) is 0.314. The van der Waals surface area contributed by atoms with Crippen molar-refractivity contribution < 1.29 is 27.4 Å². The van der Waals surface area contributed by atoms with Crippen molar-refractivity contribution in [2.45, 2.75) is 45.8 Å². The van der Waals surface area contributed by atoms with Crippen LogP contribution < -0.4 is 4.74 Å². The molecule has 0 saturated carbocycles. The molecule has 186 valence electrons. The molecule has 1 fully saturated rings. The van der Waals surface area contributed by atoms with E-state index in [-0.39, 0.29) is 30.0 Å². The minimum atomic E-state index is -1.01. The lowest BCUT2D eigenvalue weighted by molar-refractivity contribution is -0.203. The normalized spacial score (nSPS) is 18.0. The monoisotopic (exact) mass is 484 g/mol. The van der Waals surface area contributed by atoms with Crippen LogP contribution in [0.4, 0.5) is 13.2 Å². The molecule has 0 aliphatic carbocycles. The molecule has 1 aliphatic rings. The summed E-state index contributed by atoms with van der Waals surface area (Å²) in [5.74, 6) is -1.97. The molecule has 3 aromatic rings. The number of aryl methyl sites for hydroxylation is 1. The van der Waals surface area contributed by atoms with Crippen molar-refractivity contribution in [2.24, 2.45) is 5.92 Å². The molecule has 0 atom stereocenters. The maximum Gasteiger partial charge on any atom is 0.201 e. The summed E-state index contributed by atoms with van der Waals surface area (Å²) >= 11 is 0. The van der Waals surface area contributed by atoms with E-state index < -0.39 is 11.6 Å². The number of rotatable bonds is 9. The smallest absolute Gasteiger partial charge is 0.201 e. The average molecular weight is 485 g/mol. The minimum absolute atomic E-state index is 0.116. The van der Waals surface area contributed by atoms with E-state index in [4.69, 9.17) is 14.2 Å². The standard InChI is InChI=1S/C29H31F3O3/c1-3-5-20-17-34-27(35-18-20)15-7-19-6-12-23(25(30)16-19)21-8-10-22(11-9-21)24-13-14-26(33-4-2)29(32)28(24)31/h6,8-14,16,20,27H,3-5,7,15,17-18H2,1-2H3. The molecule has 1 saturated heterocycles. The Morgan fingerprint density at radius 1 is 0.800 bits per heavy atom. The van der Waals surface area contributed by atoms with Crippen molar-refractivity contribution >= 4 is 0 Å². The molecule has 0 unspecified atom stereocenters. The second kappa shape index (κ2) is 11.7. The van der Waals surface area contributed by atoms with E-state index in [1.807, 2.05) is 6.07 Å². The fourth-order valence-corrected chi connectivity index (χ4v) is 4.41. The second-order valence-corrected chi connectivity index (χ2v) is 8.85. The van der Waals surface area contributed by atoms with Gasteiger partial charge in [-0.3, -0.25) is 0 Å². The molecule has 35 heavy (non-hydrogen) atoms. The average Bonchev–Trinajstić information content (AvgIpc) is 2.87. The van der Waals surface area contributed by atoms with Crippen LogP contribution in [0.3, 0.4) is 0 Å². The van der Waals surface area contributed by atoms with E-state index in [1.54, 1.807) is 37.3 Å². The first-order valence-electron chi connectivity index (χ1n) is 12.2. The third-order valence-electron chi connectivity index (χ3n) is 6.29. The summed E-state index contributed by atoms with van der Waals surface area (Å²) in [7, 11) is 0. The maximum atomic E-state index is 14.9. The SMILES string of the molecule is CCCC1COC(CCc2ccc(-c3ccc(-c4ccc(OCC)c(F)c4F)cc3)c(F)c2)OC1. The molecule has 0 aromatic heterocycles. The lowest BCUT2D eigenvalue weighted by Crippen LogP contribution is -2.32. The van der Waals surface area contributed by atoms with E-state index in [2.05, 4.69) is 6.92 Å². The molecule has 3 nitrogen and oxygen atoms in total. The van der Waals surface area contributed by atoms with Gasteiger partial charge in [0.1, 0.15) is 5.82 Å². The number of hydrogen-bond acceptors (Lipinski definition) is 3. The van der Waals surface area contributed by atoms with Crippen LogP contribution in [0.5, 0.6) is 5.75 Å². The van der Waals surface area contributed by atoms with Crippen molar-refractivity contribution in [3.8, 4) is 28.0 Å². The zero-order chi connectivity index (χ0) is 24.8. The van der Waals surface area contributed by atoms with Gasteiger partial charge in [0, 0.05) is 23.5 Å². The van der Waals surface area contributed by atoms with Gasteiger partial charge in [0.25, 0.3) is 0 Å². The molecule has 4 rings (SSSR count). The molecule has 0 N–H and O–H groups in total. The van der Waals surface area contributed by atoms with Crippen LogP contribution in [0, 0.1) is 23.4 Å². The zero-order valence-corrected chi connectivity index (χ0v) is 20.2. The minimum Gasteiger partial charge on any atom is -0.491 e. The Bertz CT molecular complexity index is 1120. The first-order chi connectivity index (χ1) is 17.0. The van der Waals surface area contributed by atoms with E-state index >= 15 is 0 Å². The summed E-state index contributed by atoms with van der Waals surface area (Å²) < 4.78 is 60.4. The third-order valence-corrected chi connectivity index (χ3v) is 6.29. The van der Waals surface area contributed by atoms with Crippen LogP contribution in [0.1, 0.15) is 38.7 Å². The molecular weight excluding hydrogens is 453 g/mol. The Labute approximate surface area is 204 Å². The third kappa shape index (κ3) is 6.06. The first kappa shape index (κ1) is 25.3. The summed E-state index contributed by atoms with van der Waals surface area (Å²) in [5, 5.41) is 0. The first-order valence-corrected chi connectivity index (χ1v) is 12.2. The van der Waals surface area contributed by atoms with Crippen molar-refractivity contribution in [3.63, 3.8) is 0 Å². The molecule has 0 bridgehead atoms. The van der Waals surface area contributed by atoms with Crippen molar-refractivity contribution in [2.75, 3.05) is 19.8 Å². The number of halogens is 3. The maximum absolute atomic E-state index is 14.9. The molecule has 0 spiro atoms. The lowest BCUT2D eigenvalue weighted by atomic mass is 9.98. The Morgan fingerprint density at radius 3 is 2.09 bits per heavy atom.